The number of nitrogens with one attached hydrogen (secondary N) is 1. The summed E-state index contributed by atoms with van der Waals surface area (Å²) in [6, 6.07) is 30.2. The van der Waals surface area contributed by atoms with E-state index < -0.39 is 0 Å². The second kappa shape index (κ2) is 12.0. The summed E-state index contributed by atoms with van der Waals surface area (Å²) < 4.78 is 13.3. The summed E-state index contributed by atoms with van der Waals surface area (Å²) in [7, 11) is 1.70. The molecule has 0 fully saturated rings. The van der Waals surface area contributed by atoms with Gasteiger partial charge in [0, 0.05) is 37.7 Å². The molecule has 0 radical (unpaired) electrons. The molecule has 5 aromatic rings. The van der Waals surface area contributed by atoms with E-state index in [-0.39, 0.29) is 0 Å². The van der Waals surface area contributed by atoms with E-state index in [0.717, 1.165) is 52.6 Å². The number of hydrogen-bond acceptors (Lipinski definition) is 6. The Morgan fingerprint density at radius 2 is 1.68 bits per heavy atom. The molecule has 0 saturated carbocycles. The molecule has 0 aliphatic rings. The summed E-state index contributed by atoms with van der Waals surface area (Å²) in [5, 5.41) is 3.29. The van der Waals surface area contributed by atoms with E-state index in [1.165, 1.54) is 0 Å². The van der Waals surface area contributed by atoms with Gasteiger partial charge in [-0.05, 0) is 42.3 Å². The van der Waals surface area contributed by atoms with Gasteiger partial charge in [-0.1, -0.05) is 60.7 Å². The van der Waals surface area contributed by atoms with Crippen LogP contribution >= 0.6 is 0 Å². The van der Waals surface area contributed by atoms with Gasteiger partial charge in [-0.15, -0.1) is 0 Å². The zero-order valence-corrected chi connectivity index (χ0v) is 20.7. The zero-order valence-electron chi connectivity index (χ0n) is 20.7. The first-order valence-electron chi connectivity index (χ1n) is 12.3. The molecule has 0 spiro atoms. The number of aromatic nitrogens is 4. The third kappa shape index (κ3) is 6.02. The molecular formula is C30H29N5O2. The van der Waals surface area contributed by atoms with Crippen molar-refractivity contribution in [3.8, 4) is 34.1 Å². The monoisotopic (exact) mass is 491 g/mol. The van der Waals surface area contributed by atoms with Crippen LogP contribution in [0.5, 0.6) is 5.75 Å². The molecule has 0 amide bonds. The number of imidazole rings is 1. The van der Waals surface area contributed by atoms with Crippen molar-refractivity contribution in [1.29, 1.82) is 0 Å². The average molecular weight is 492 g/mol. The van der Waals surface area contributed by atoms with Crippen molar-refractivity contribution in [3.63, 3.8) is 0 Å². The number of hydrogen-bond donors (Lipinski definition) is 1. The molecule has 0 aliphatic heterocycles. The van der Waals surface area contributed by atoms with Crippen molar-refractivity contribution < 1.29 is 9.47 Å². The molecule has 0 atom stereocenters. The number of anilines is 1. The van der Waals surface area contributed by atoms with E-state index in [1.54, 1.807) is 13.3 Å². The number of methoxy groups -OCH3 is 1. The molecule has 1 N–H and O–H groups in total. The van der Waals surface area contributed by atoms with Gasteiger partial charge in [0.15, 0.2) is 0 Å². The highest BCUT2D eigenvalue weighted by Gasteiger charge is 2.18. The Hall–Kier alpha value is -4.49. The SMILES string of the molecule is COCCCNc1nccc(-c2c(-c3cccc(OCc4ccccc4)c3)ncn2-c2ccccc2)n1. The van der Waals surface area contributed by atoms with Gasteiger partial charge in [0.05, 0.1) is 17.1 Å². The van der Waals surface area contributed by atoms with Crippen LogP contribution < -0.4 is 10.1 Å². The van der Waals surface area contributed by atoms with Crippen LogP contribution in [0.3, 0.4) is 0 Å². The highest BCUT2D eigenvalue weighted by molar-refractivity contribution is 5.79. The summed E-state index contributed by atoms with van der Waals surface area (Å²) >= 11 is 0. The predicted molar refractivity (Wildman–Crippen MR) is 146 cm³/mol. The van der Waals surface area contributed by atoms with Crippen molar-refractivity contribution in [2.24, 2.45) is 0 Å². The first kappa shape index (κ1) is 24.2. The minimum atomic E-state index is 0.500. The largest absolute Gasteiger partial charge is 0.489 e. The highest BCUT2D eigenvalue weighted by atomic mass is 16.5. The number of rotatable bonds is 11. The van der Waals surface area contributed by atoms with E-state index in [0.29, 0.717) is 19.2 Å². The first-order chi connectivity index (χ1) is 18.3. The Morgan fingerprint density at radius 3 is 2.49 bits per heavy atom. The summed E-state index contributed by atoms with van der Waals surface area (Å²) in [5.74, 6) is 1.35. The Balaban J connectivity index is 1.49. The lowest BCUT2D eigenvalue weighted by Gasteiger charge is -2.12. The van der Waals surface area contributed by atoms with Crippen LogP contribution in [-0.2, 0) is 11.3 Å². The third-order valence-corrected chi connectivity index (χ3v) is 5.86. The second-order valence-corrected chi connectivity index (χ2v) is 8.49. The summed E-state index contributed by atoms with van der Waals surface area (Å²) in [5.41, 5.74) is 5.54. The molecule has 186 valence electrons. The molecule has 2 aromatic heterocycles. The highest BCUT2D eigenvalue weighted by Crippen LogP contribution is 2.34. The minimum Gasteiger partial charge on any atom is -0.489 e. The fourth-order valence-electron chi connectivity index (χ4n) is 4.06. The van der Waals surface area contributed by atoms with Gasteiger partial charge in [0.25, 0.3) is 0 Å². The number of para-hydroxylation sites is 1. The fourth-order valence-corrected chi connectivity index (χ4v) is 4.06. The quantitative estimate of drug-likeness (QED) is 0.228. The molecule has 37 heavy (non-hydrogen) atoms. The molecule has 3 aromatic carbocycles. The van der Waals surface area contributed by atoms with Crippen LogP contribution in [0.1, 0.15) is 12.0 Å². The Morgan fingerprint density at radius 1 is 0.865 bits per heavy atom. The molecule has 2 heterocycles. The maximum atomic E-state index is 6.09. The second-order valence-electron chi connectivity index (χ2n) is 8.49. The Bertz CT molecular complexity index is 1420. The van der Waals surface area contributed by atoms with E-state index in [4.69, 9.17) is 19.4 Å². The maximum Gasteiger partial charge on any atom is 0.223 e. The Labute approximate surface area is 216 Å². The summed E-state index contributed by atoms with van der Waals surface area (Å²) in [6.07, 6.45) is 4.48. The van der Waals surface area contributed by atoms with Crippen molar-refractivity contribution in [2.45, 2.75) is 13.0 Å². The van der Waals surface area contributed by atoms with Gasteiger partial charge < -0.3 is 14.8 Å². The van der Waals surface area contributed by atoms with Gasteiger partial charge in [-0.25, -0.2) is 15.0 Å². The van der Waals surface area contributed by atoms with E-state index in [2.05, 4.69) is 39.1 Å². The van der Waals surface area contributed by atoms with Crippen LogP contribution in [0.4, 0.5) is 5.95 Å². The molecule has 0 aliphatic carbocycles. The summed E-state index contributed by atoms with van der Waals surface area (Å²) in [6.45, 7) is 1.91. The maximum absolute atomic E-state index is 6.09. The number of benzene rings is 3. The van der Waals surface area contributed by atoms with Gasteiger partial charge >= 0.3 is 0 Å². The zero-order chi connectivity index (χ0) is 25.3. The molecule has 0 bridgehead atoms. The van der Waals surface area contributed by atoms with Crippen molar-refractivity contribution in [1.82, 2.24) is 19.5 Å². The molecule has 0 saturated heterocycles. The molecular weight excluding hydrogens is 462 g/mol. The van der Waals surface area contributed by atoms with Crippen LogP contribution in [0, 0.1) is 0 Å². The van der Waals surface area contributed by atoms with E-state index in [1.807, 2.05) is 73.1 Å². The van der Waals surface area contributed by atoms with Crippen LogP contribution in [0.15, 0.2) is 104 Å². The number of nitrogens with zero attached hydrogens (tertiary/aromatic N) is 4. The average Bonchev–Trinajstić information content (AvgIpc) is 3.41. The fraction of sp³-hybridized carbons (Fsp3) is 0.167. The molecule has 5 rings (SSSR count). The molecule has 0 unspecified atom stereocenters. The molecule has 7 heteroatoms. The van der Waals surface area contributed by atoms with Crippen LogP contribution in [0.2, 0.25) is 0 Å². The van der Waals surface area contributed by atoms with E-state index in [9.17, 15) is 0 Å². The normalized spacial score (nSPS) is 10.8. The molecule has 7 nitrogen and oxygen atoms in total. The lowest BCUT2D eigenvalue weighted by molar-refractivity contribution is 0.197. The van der Waals surface area contributed by atoms with Gasteiger partial charge in [0.1, 0.15) is 18.7 Å². The van der Waals surface area contributed by atoms with Crippen molar-refractivity contribution in [3.05, 3.63) is 109 Å². The van der Waals surface area contributed by atoms with Crippen molar-refractivity contribution >= 4 is 5.95 Å². The smallest absolute Gasteiger partial charge is 0.223 e. The standard InChI is InChI=1S/C30H29N5O2/c1-36-19-9-17-31-30-32-18-16-27(34-30)29-28(33-22-35(29)25-13-6-3-7-14-25)24-12-8-15-26(20-24)37-21-23-10-4-2-5-11-23/h2-8,10-16,18,20,22H,9,17,19,21H2,1H3,(H,31,32,34). The minimum absolute atomic E-state index is 0.500. The topological polar surface area (TPSA) is 74.1 Å². The van der Waals surface area contributed by atoms with Crippen molar-refractivity contribution in [2.75, 3.05) is 25.6 Å². The van der Waals surface area contributed by atoms with Gasteiger partial charge in [-0.2, -0.15) is 0 Å². The van der Waals surface area contributed by atoms with Crippen LogP contribution in [-0.4, -0.2) is 39.8 Å². The van der Waals surface area contributed by atoms with Gasteiger partial charge in [-0.3, -0.25) is 4.57 Å². The Kier molecular flexibility index (Phi) is 7.83. The van der Waals surface area contributed by atoms with E-state index >= 15 is 0 Å². The van der Waals surface area contributed by atoms with Crippen LogP contribution in [0.25, 0.3) is 28.3 Å². The number of ether oxygens (including phenoxy) is 2. The lowest BCUT2D eigenvalue weighted by Crippen LogP contribution is -2.08. The summed E-state index contributed by atoms with van der Waals surface area (Å²) in [4.78, 5) is 14.1. The first-order valence-corrected chi connectivity index (χ1v) is 12.3. The predicted octanol–water partition coefficient (Wildman–Crippen LogP) is 6.02. The third-order valence-electron chi connectivity index (χ3n) is 5.86. The lowest BCUT2D eigenvalue weighted by atomic mass is 10.1. The van der Waals surface area contributed by atoms with Gasteiger partial charge in [0.2, 0.25) is 5.95 Å².